The van der Waals surface area contributed by atoms with E-state index in [0.29, 0.717) is 5.76 Å². The number of furan rings is 1. The smallest absolute Gasteiger partial charge is 0.291 e. The van der Waals surface area contributed by atoms with Gasteiger partial charge in [-0.3, -0.25) is 10.2 Å². The van der Waals surface area contributed by atoms with Gasteiger partial charge in [-0.2, -0.15) is 5.10 Å². The first-order valence-electron chi connectivity index (χ1n) is 10.1. The van der Waals surface area contributed by atoms with Crippen molar-refractivity contribution in [2.75, 3.05) is 10.7 Å². The molecule has 5 nitrogen and oxygen atoms in total. The van der Waals surface area contributed by atoms with Crippen LogP contribution in [0.15, 0.2) is 64.1 Å². The number of hydrogen-bond acceptors (Lipinski definition) is 4. The minimum Gasteiger partial charge on any atom is -0.455 e. The van der Waals surface area contributed by atoms with Crippen molar-refractivity contribution in [2.45, 2.75) is 39.5 Å². The Bertz CT molecular complexity index is 1030. The monoisotopic (exact) mass is 387 g/mol. The predicted molar refractivity (Wildman–Crippen MR) is 117 cm³/mol. The van der Waals surface area contributed by atoms with Gasteiger partial charge >= 0.3 is 0 Å². The van der Waals surface area contributed by atoms with Crippen LogP contribution in [-0.4, -0.2) is 11.6 Å². The number of aryl methyl sites for hydroxylation is 2. The lowest BCUT2D eigenvalue weighted by molar-refractivity contribution is 0.0994. The minimum absolute atomic E-state index is 0.225. The highest BCUT2D eigenvalue weighted by atomic mass is 16.4. The maximum atomic E-state index is 12.8. The summed E-state index contributed by atoms with van der Waals surface area (Å²) in [5.74, 6) is 0.981. The van der Waals surface area contributed by atoms with E-state index in [2.05, 4.69) is 22.8 Å². The van der Waals surface area contributed by atoms with Gasteiger partial charge in [-0.05, 0) is 56.0 Å². The van der Waals surface area contributed by atoms with Crippen molar-refractivity contribution >= 4 is 23.0 Å². The van der Waals surface area contributed by atoms with Gasteiger partial charge in [0.1, 0.15) is 5.76 Å². The maximum absolute atomic E-state index is 12.8. The van der Waals surface area contributed by atoms with Crippen LogP contribution in [0.2, 0.25) is 0 Å². The molecule has 0 atom stereocenters. The van der Waals surface area contributed by atoms with Crippen LogP contribution in [-0.2, 0) is 12.8 Å². The number of para-hydroxylation sites is 1. The average molecular weight is 387 g/mol. The lowest BCUT2D eigenvalue weighted by atomic mass is 9.93. The SMILES string of the molecule is CCc1ccc(NC(=O)c2oc3c(c2C)/C(=N/Nc2ccccc2)CCC3)cc1. The van der Waals surface area contributed by atoms with Crippen molar-refractivity contribution in [1.29, 1.82) is 0 Å². The van der Waals surface area contributed by atoms with Gasteiger partial charge in [-0.1, -0.05) is 37.3 Å². The van der Waals surface area contributed by atoms with Crippen molar-refractivity contribution in [1.82, 2.24) is 0 Å². The molecule has 0 radical (unpaired) electrons. The van der Waals surface area contributed by atoms with Gasteiger partial charge < -0.3 is 9.73 Å². The highest BCUT2D eigenvalue weighted by Crippen LogP contribution is 2.30. The van der Waals surface area contributed by atoms with Crippen LogP contribution in [0.3, 0.4) is 0 Å². The van der Waals surface area contributed by atoms with Crippen LogP contribution in [0, 0.1) is 6.92 Å². The Morgan fingerprint density at radius 3 is 2.52 bits per heavy atom. The highest BCUT2D eigenvalue weighted by Gasteiger charge is 2.28. The summed E-state index contributed by atoms with van der Waals surface area (Å²) in [4.78, 5) is 12.8. The normalized spacial score (nSPS) is 14.5. The Balaban J connectivity index is 1.57. The number of nitrogens with zero attached hydrogens (tertiary/aromatic N) is 1. The first-order chi connectivity index (χ1) is 14.2. The molecule has 148 valence electrons. The Labute approximate surface area is 170 Å². The van der Waals surface area contributed by atoms with Gasteiger partial charge in [0.05, 0.1) is 11.4 Å². The van der Waals surface area contributed by atoms with Gasteiger partial charge in [0, 0.05) is 23.2 Å². The fraction of sp³-hybridized carbons (Fsp3) is 0.250. The average Bonchev–Trinajstić information content (AvgIpc) is 3.11. The van der Waals surface area contributed by atoms with Crippen molar-refractivity contribution in [2.24, 2.45) is 5.10 Å². The van der Waals surface area contributed by atoms with Crippen LogP contribution in [0.25, 0.3) is 0 Å². The third-order valence-electron chi connectivity index (χ3n) is 5.25. The van der Waals surface area contributed by atoms with E-state index in [9.17, 15) is 4.79 Å². The number of benzene rings is 2. The number of rotatable bonds is 5. The zero-order valence-electron chi connectivity index (χ0n) is 16.8. The Morgan fingerprint density at radius 2 is 1.79 bits per heavy atom. The quantitative estimate of drug-likeness (QED) is 0.564. The van der Waals surface area contributed by atoms with Crippen LogP contribution in [0.5, 0.6) is 0 Å². The second kappa shape index (κ2) is 8.35. The number of hydrazone groups is 1. The Kier molecular flexibility index (Phi) is 5.47. The molecule has 1 heterocycles. The number of amides is 1. The molecule has 1 aromatic heterocycles. The van der Waals surface area contributed by atoms with Crippen LogP contribution in [0.1, 0.15) is 52.8 Å². The van der Waals surface area contributed by atoms with Crippen LogP contribution < -0.4 is 10.7 Å². The van der Waals surface area contributed by atoms with Crippen LogP contribution >= 0.6 is 0 Å². The second-order valence-electron chi connectivity index (χ2n) is 7.25. The predicted octanol–water partition coefficient (Wildman–Crippen LogP) is 5.56. The number of carbonyl (C=O) groups excluding carboxylic acids is 1. The largest absolute Gasteiger partial charge is 0.455 e. The summed E-state index contributed by atoms with van der Waals surface area (Å²) in [7, 11) is 0. The zero-order chi connectivity index (χ0) is 20.2. The number of nitrogens with one attached hydrogen (secondary N) is 2. The molecule has 5 heteroatoms. The van der Waals surface area contributed by atoms with E-state index in [-0.39, 0.29) is 5.91 Å². The van der Waals surface area contributed by atoms with Gasteiger partial charge in [0.15, 0.2) is 5.76 Å². The summed E-state index contributed by atoms with van der Waals surface area (Å²) < 4.78 is 5.98. The van der Waals surface area contributed by atoms with E-state index in [0.717, 1.165) is 59.7 Å². The van der Waals surface area contributed by atoms with Gasteiger partial charge in [-0.25, -0.2) is 0 Å². The first-order valence-corrected chi connectivity index (χ1v) is 10.1. The molecule has 0 fully saturated rings. The van der Waals surface area contributed by atoms with Gasteiger partial charge in [0.25, 0.3) is 5.91 Å². The molecule has 0 aliphatic heterocycles. The minimum atomic E-state index is -0.225. The van der Waals surface area contributed by atoms with E-state index in [1.54, 1.807) is 0 Å². The molecule has 1 aliphatic carbocycles. The molecular formula is C24H25N3O2. The summed E-state index contributed by atoms with van der Waals surface area (Å²) in [5.41, 5.74) is 8.79. The van der Waals surface area contributed by atoms with E-state index < -0.39 is 0 Å². The van der Waals surface area contributed by atoms with Crippen molar-refractivity contribution < 1.29 is 9.21 Å². The first kappa shape index (κ1) is 19.0. The van der Waals surface area contributed by atoms with E-state index in [1.165, 1.54) is 5.56 Å². The third-order valence-corrected chi connectivity index (χ3v) is 5.25. The third kappa shape index (κ3) is 4.09. The fourth-order valence-corrected chi connectivity index (χ4v) is 3.65. The molecule has 4 rings (SSSR count). The summed E-state index contributed by atoms with van der Waals surface area (Å²) >= 11 is 0. The summed E-state index contributed by atoms with van der Waals surface area (Å²) in [6.07, 6.45) is 3.60. The molecule has 29 heavy (non-hydrogen) atoms. The molecule has 1 amide bonds. The number of anilines is 2. The number of fused-ring (bicyclic) bond motifs is 1. The maximum Gasteiger partial charge on any atom is 0.291 e. The highest BCUT2D eigenvalue weighted by molar-refractivity contribution is 6.09. The molecular weight excluding hydrogens is 362 g/mol. The molecule has 0 saturated heterocycles. The summed E-state index contributed by atoms with van der Waals surface area (Å²) in [6.45, 7) is 4.04. The zero-order valence-corrected chi connectivity index (χ0v) is 16.8. The standard InChI is InChI=1S/C24H25N3O2/c1-3-17-12-14-18(15-13-17)25-24(28)23-16(2)22-20(10-7-11-21(22)29-23)27-26-19-8-5-4-6-9-19/h4-6,8-9,12-15,26H,3,7,10-11H2,1-2H3,(H,25,28)/b27-20+. The Morgan fingerprint density at radius 1 is 1.03 bits per heavy atom. The summed E-state index contributed by atoms with van der Waals surface area (Å²) in [6, 6.07) is 17.7. The molecule has 2 aromatic carbocycles. The van der Waals surface area contributed by atoms with E-state index in [4.69, 9.17) is 4.42 Å². The molecule has 0 saturated carbocycles. The van der Waals surface area contributed by atoms with Gasteiger partial charge in [-0.15, -0.1) is 0 Å². The molecule has 0 bridgehead atoms. The second-order valence-corrected chi connectivity index (χ2v) is 7.25. The molecule has 3 aromatic rings. The lowest BCUT2D eigenvalue weighted by Gasteiger charge is -2.13. The molecule has 0 unspecified atom stereocenters. The lowest BCUT2D eigenvalue weighted by Crippen LogP contribution is -2.14. The molecule has 1 aliphatic rings. The van der Waals surface area contributed by atoms with E-state index >= 15 is 0 Å². The molecule has 0 spiro atoms. The van der Waals surface area contributed by atoms with Crippen LogP contribution in [0.4, 0.5) is 11.4 Å². The number of carbonyl (C=O) groups is 1. The van der Waals surface area contributed by atoms with E-state index in [1.807, 2.05) is 61.5 Å². The van der Waals surface area contributed by atoms with Crippen molar-refractivity contribution in [3.63, 3.8) is 0 Å². The summed E-state index contributed by atoms with van der Waals surface area (Å²) in [5, 5.41) is 7.55. The Hall–Kier alpha value is -3.34. The fourth-order valence-electron chi connectivity index (χ4n) is 3.65. The van der Waals surface area contributed by atoms with Crippen molar-refractivity contribution in [3.05, 3.63) is 82.8 Å². The number of hydrogen-bond donors (Lipinski definition) is 2. The topological polar surface area (TPSA) is 66.6 Å². The molecule has 2 N–H and O–H groups in total. The van der Waals surface area contributed by atoms with Crippen molar-refractivity contribution in [3.8, 4) is 0 Å². The van der Waals surface area contributed by atoms with Gasteiger partial charge in [0.2, 0.25) is 0 Å².